The van der Waals surface area contributed by atoms with Crippen molar-refractivity contribution in [3.8, 4) is 11.3 Å². The van der Waals surface area contributed by atoms with Gasteiger partial charge in [0.15, 0.2) is 11.9 Å². The largest absolute Gasteiger partial charge is 0.342 e. The highest BCUT2D eigenvalue weighted by Gasteiger charge is 2.59. The van der Waals surface area contributed by atoms with Crippen LogP contribution in [0.4, 0.5) is 10.3 Å². The number of aromatic nitrogens is 3. The molecule has 4 aliphatic rings. The number of carbonyl (C=O) groups excluding carboxylic acids is 1. The molecule has 38 heavy (non-hydrogen) atoms. The number of carbonyl (C=O) groups is 1. The molecule has 2 aromatic heterocycles. The topological polar surface area (TPSA) is 111 Å². The van der Waals surface area contributed by atoms with Gasteiger partial charge in [-0.25, -0.2) is 14.4 Å². The molecule has 1 aliphatic carbocycles. The first-order valence-electron chi connectivity index (χ1n) is 13.0. The van der Waals surface area contributed by atoms with E-state index in [9.17, 15) is 14.0 Å². The second-order valence-corrected chi connectivity index (χ2v) is 11.1. The van der Waals surface area contributed by atoms with Gasteiger partial charge in [0.2, 0.25) is 11.9 Å². The van der Waals surface area contributed by atoms with Gasteiger partial charge in [-0.1, -0.05) is 13.8 Å². The Labute approximate surface area is 220 Å². The second kappa shape index (κ2) is 8.88. The lowest BCUT2D eigenvalue weighted by Crippen LogP contribution is -2.58. The van der Waals surface area contributed by atoms with Crippen molar-refractivity contribution in [1.82, 2.24) is 29.8 Å². The van der Waals surface area contributed by atoms with Crippen LogP contribution < -0.4 is 15.8 Å². The van der Waals surface area contributed by atoms with Gasteiger partial charge >= 0.3 is 0 Å². The summed E-state index contributed by atoms with van der Waals surface area (Å²) in [7, 11) is 5.43. The molecule has 5 heterocycles. The van der Waals surface area contributed by atoms with Crippen LogP contribution in [0.3, 0.4) is 0 Å². The van der Waals surface area contributed by atoms with Crippen LogP contribution >= 0.6 is 0 Å². The maximum atomic E-state index is 14.4. The summed E-state index contributed by atoms with van der Waals surface area (Å²) in [6, 6.07) is 2.41. The number of aliphatic imine (C=N–C) groups is 1. The number of likely N-dealkylation sites (tertiary alicyclic amines) is 1. The fourth-order valence-electron chi connectivity index (χ4n) is 6.20. The van der Waals surface area contributed by atoms with Crippen molar-refractivity contribution >= 4 is 23.5 Å². The Morgan fingerprint density at radius 3 is 2.63 bits per heavy atom. The maximum absolute atomic E-state index is 14.4. The number of likely N-dealkylation sites (N-methyl/N-ethyl adjacent to an activating group) is 1. The Balaban J connectivity index is 1.19. The van der Waals surface area contributed by atoms with Crippen LogP contribution in [0.1, 0.15) is 20.3 Å². The van der Waals surface area contributed by atoms with E-state index in [1.54, 1.807) is 12.1 Å². The van der Waals surface area contributed by atoms with Crippen molar-refractivity contribution in [3.05, 3.63) is 40.7 Å². The van der Waals surface area contributed by atoms with Gasteiger partial charge in [-0.15, -0.1) is 0 Å². The van der Waals surface area contributed by atoms with Crippen LogP contribution in [-0.2, 0) is 11.8 Å². The van der Waals surface area contributed by atoms with E-state index in [2.05, 4.69) is 39.1 Å². The third kappa shape index (κ3) is 3.93. The third-order valence-corrected chi connectivity index (χ3v) is 8.08. The molecule has 200 valence electrons. The summed E-state index contributed by atoms with van der Waals surface area (Å²) in [5, 5.41) is 9.36. The molecule has 0 spiro atoms. The molecule has 2 aromatic rings. The molecular weight excluding hydrogens is 489 g/mol. The van der Waals surface area contributed by atoms with Gasteiger partial charge in [-0.3, -0.25) is 29.5 Å². The maximum Gasteiger partial charge on any atom is 0.255 e. The number of pyridine rings is 1. The number of guanidine groups is 1. The Kier molecular flexibility index (Phi) is 5.73. The zero-order valence-corrected chi connectivity index (χ0v) is 22.2. The van der Waals surface area contributed by atoms with Crippen molar-refractivity contribution in [2.45, 2.75) is 38.4 Å². The van der Waals surface area contributed by atoms with E-state index in [4.69, 9.17) is 4.99 Å². The molecule has 0 aromatic carbocycles. The number of halogens is 1. The highest BCUT2D eigenvalue weighted by molar-refractivity contribution is 6.08. The van der Waals surface area contributed by atoms with E-state index >= 15 is 0 Å². The number of fused-ring (bicyclic) bond motifs is 2. The van der Waals surface area contributed by atoms with Crippen molar-refractivity contribution in [2.75, 3.05) is 32.1 Å². The molecule has 6 rings (SSSR count). The molecule has 0 radical (unpaired) electrons. The standard InChI is InChI=1S/C26H32FN9O2/c1-13(2)8-19-21-23(35(5)32-19)24(38)31-25(30-21)36-11-15-16(12-36)22(15)34(4)26-29-18(9-20(37)33(26)3)14-6-7-28-10-17(14)27/h6-7,9-10,13,15-16,21-23H,8,11-12H2,1-5H3,(H,30,31,38)/t15-,16+,21?,22+,23?. The SMILES string of the molecule is CC(C)CC1=NN(C)C2C(=O)NC(N3C[C@@H]4[C@H](C3)[C@H]4N(C)c3nc(-c4ccncc4F)cc(=O)n3C)=NC12. The van der Waals surface area contributed by atoms with Crippen LogP contribution in [0.5, 0.6) is 0 Å². The minimum absolute atomic E-state index is 0.0707. The molecule has 0 bridgehead atoms. The van der Waals surface area contributed by atoms with Crippen LogP contribution in [0.2, 0.25) is 0 Å². The molecule has 1 amide bonds. The molecule has 12 heteroatoms. The summed E-state index contributed by atoms with van der Waals surface area (Å²) >= 11 is 0. The van der Waals surface area contributed by atoms with Gasteiger partial charge < -0.3 is 9.80 Å². The van der Waals surface area contributed by atoms with Crippen LogP contribution in [0, 0.1) is 23.6 Å². The summed E-state index contributed by atoms with van der Waals surface area (Å²) in [5.41, 5.74) is 1.24. The Hall–Kier alpha value is -3.83. The van der Waals surface area contributed by atoms with Gasteiger partial charge in [-0.2, -0.15) is 5.10 Å². The molecule has 1 saturated heterocycles. The molecule has 3 aliphatic heterocycles. The van der Waals surface area contributed by atoms with Crippen LogP contribution in [-0.4, -0.2) is 87.3 Å². The minimum Gasteiger partial charge on any atom is -0.342 e. The quantitative estimate of drug-likeness (QED) is 0.623. The van der Waals surface area contributed by atoms with Crippen molar-refractivity contribution < 1.29 is 9.18 Å². The number of hydrogen-bond acceptors (Lipinski definition) is 9. The molecule has 11 nitrogen and oxygen atoms in total. The first-order chi connectivity index (χ1) is 18.1. The van der Waals surface area contributed by atoms with Gasteiger partial charge in [0.1, 0.15) is 6.04 Å². The molecule has 5 atom stereocenters. The molecule has 1 N–H and O–H groups in total. The molecule has 1 saturated carbocycles. The highest BCUT2D eigenvalue weighted by atomic mass is 19.1. The van der Waals surface area contributed by atoms with E-state index in [0.29, 0.717) is 29.7 Å². The van der Waals surface area contributed by atoms with Gasteiger partial charge in [0, 0.05) is 69.9 Å². The number of rotatable bonds is 5. The van der Waals surface area contributed by atoms with E-state index < -0.39 is 11.9 Å². The number of amides is 1. The zero-order chi connectivity index (χ0) is 26.9. The summed E-state index contributed by atoms with van der Waals surface area (Å²) in [6.45, 7) is 5.77. The van der Waals surface area contributed by atoms with E-state index in [1.807, 2.05) is 19.0 Å². The van der Waals surface area contributed by atoms with Crippen molar-refractivity contribution in [2.24, 2.45) is 34.9 Å². The Morgan fingerprint density at radius 2 is 1.95 bits per heavy atom. The summed E-state index contributed by atoms with van der Waals surface area (Å²) < 4.78 is 15.8. The van der Waals surface area contributed by atoms with Crippen LogP contribution in [0.25, 0.3) is 11.3 Å². The number of hydrogen-bond donors (Lipinski definition) is 1. The fraction of sp³-hybridized carbons (Fsp3) is 0.538. The zero-order valence-electron chi connectivity index (χ0n) is 22.2. The van der Waals surface area contributed by atoms with Gasteiger partial charge in [0.25, 0.3) is 11.5 Å². The number of nitrogens with zero attached hydrogens (tertiary/aromatic N) is 8. The lowest BCUT2D eigenvalue weighted by Gasteiger charge is -2.33. The van der Waals surface area contributed by atoms with Crippen LogP contribution in [0.15, 0.2) is 39.4 Å². The minimum atomic E-state index is -0.520. The van der Waals surface area contributed by atoms with Gasteiger partial charge in [0.05, 0.1) is 17.6 Å². The predicted molar refractivity (Wildman–Crippen MR) is 141 cm³/mol. The lowest BCUT2D eigenvalue weighted by molar-refractivity contribution is -0.124. The highest BCUT2D eigenvalue weighted by Crippen LogP contribution is 2.49. The number of piperidine rings is 1. The van der Waals surface area contributed by atoms with E-state index in [-0.39, 0.29) is 34.8 Å². The van der Waals surface area contributed by atoms with E-state index in [0.717, 1.165) is 31.4 Å². The van der Waals surface area contributed by atoms with Crippen molar-refractivity contribution in [3.63, 3.8) is 0 Å². The fourth-order valence-corrected chi connectivity index (χ4v) is 6.20. The van der Waals surface area contributed by atoms with E-state index in [1.165, 1.54) is 22.9 Å². The monoisotopic (exact) mass is 521 g/mol. The smallest absolute Gasteiger partial charge is 0.255 e. The second-order valence-electron chi connectivity index (χ2n) is 11.1. The predicted octanol–water partition coefficient (Wildman–Crippen LogP) is 0.918. The summed E-state index contributed by atoms with van der Waals surface area (Å²) in [5.74, 6) is 1.63. The van der Waals surface area contributed by atoms with Crippen molar-refractivity contribution in [1.29, 1.82) is 0 Å². The molecule has 2 unspecified atom stereocenters. The number of hydrazone groups is 1. The average molecular weight is 522 g/mol. The first kappa shape index (κ1) is 24.5. The lowest BCUT2D eigenvalue weighted by atomic mass is 9.96. The molecular formula is C26H32FN9O2. The van der Waals surface area contributed by atoms with Gasteiger partial charge in [-0.05, 0) is 18.4 Å². The summed E-state index contributed by atoms with van der Waals surface area (Å²) in [6.07, 6.45) is 3.41. The third-order valence-electron chi connectivity index (χ3n) is 8.08. The average Bonchev–Trinajstić information content (AvgIpc) is 3.19. The normalized spacial score (nSPS) is 27.7. The summed E-state index contributed by atoms with van der Waals surface area (Å²) in [4.78, 5) is 43.2. The Bertz CT molecular complexity index is 1410. The Morgan fingerprint density at radius 1 is 1.21 bits per heavy atom. The number of anilines is 1. The number of nitrogens with one attached hydrogen (secondary N) is 1. The first-order valence-corrected chi connectivity index (χ1v) is 13.0. The molecule has 2 fully saturated rings.